The van der Waals surface area contributed by atoms with Crippen molar-refractivity contribution < 1.29 is 9.53 Å². The summed E-state index contributed by atoms with van der Waals surface area (Å²) in [6.45, 7) is 1.94. The maximum absolute atomic E-state index is 11.1. The summed E-state index contributed by atoms with van der Waals surface area (Å²) in [5.41, 5.74) is 0.958. The summed E-state index contributed by atoms with van der Waals surface area (Å²) in [6.07, 6.45) is 0.346. The van der Waals surface area contributed by atoms with E-state index in [9.17, 15) is 4.79 Å². The van der Waals surface area contributed by atoms with Crippen molar-refractivity contribution in [1.29, 1.82) is 0 Å². The van der Waals surface area contributed by atoms with Crippen LogP contribution in [0.5, 0.6) is 0 Å². The number of carbonyl (C=O) groups excluding carboxylic acids is 1. The molecule has 0 aromatic heterocycles. The van der Waals surface area contributed by atoms with E-state index in [4.69, 9.17) is 0 Å². The molecular weight excluding hydrogens is 338 g/mol. The average molecular weight is 351 g/mol. The first-order valence-electron chi connectivity index (χ1n) is 4.81. The minimum Gasteiger partial charge on any atom is -0.469 e. The van der Waals surface area contributed by atoms with Crippen molar-refractivity contribution in [3.8, 4) is 0 Å². The van der Waals surface area contributed by atoms with E-state index in [1.54, 1.807) is 0 Å². The number of hydrogen-bond acceptors (Lipinski definition) is 3. The molecule has 0 heterocycles. The fourth-order valence-corrected chi connectivity index (χ4v) is 2.42. The molecule has 0 saturated carbocycles. The highest BCUT2D eigenvalue weighted by molar-refractivity contribution is 9.11. The van der Waals surface area contributed by atoms with Crippen molar-refractivity contribution in [3.05, 3.63) is 27.1 Å². The third kappa shape index (κ3) is 4.14. The van der Waals surface area contributed by atoms with Gasteiger partial charge in [-0.1, -0.05) is 15.9 Å². The average Bonchev–Trinajstić information content (AvgIpc) is 2.22. The third-order valence-electron chi connectivity index (χ3n) is 2.03. The van der Waals surface area contributed by atoms with Crippen LogP contribution >= 0.6 is 31.9 Å². The van der Waals surface area contributed by atoms with Crippen molar-refractivity contribution in [2.45, 2.75) is 19.4 Å². The fraction of sp³-hybridized carbons (Fsp3) is 0.364. The van der Waals surface area contributed by atoms with Gasteiger partial charge in [-0.2, -0.15) is 0 Å². The van der Waals surface area contributed by atoms with Crippen LogP contribution in [0.4, 0.5) is 5.69 Å². The van der Waals surface area contributed by atoms with Crippen molar-refractivity contribution in [3.63, 3.8) is 0 Å². The summed E-state index contributed by atoms with van der Waals surface area (Å²) in [7, 11) is 1.39. The van der Waals surface area contributed by atoms with Crippen molar-refractivity contribution in [2.75, 3.05) is 12.4 Å². The van der Waals surface area contributed by atoms with Gasteiger partial charge in [-0.25, -0.2) is 0 Å². The first kappa shape index (κ1) is 13.5. The summed E-state index contributed by atoms with van der Waals surface area (Å²) >= 11 is 6.83. The molecule has 1 N–H and O–H groups in total. The molecule has 1 atom stereocenters. The number of rotatable bonds is 4. The van der Waals surface area contributed by atoms with Gasteiger partial charge in [-0.3, -0.25) is 4.79 Å². The molecule has 5 heteroatoms. The Hall–Kier alpha value is -0.550. The number of hydrogen-bond donors (Lipinski definition) is 1. The van der Waals surface area contributed by atoms with Crippen LogP contribution in [0.3, 0.4) is 0 Å². The molecule has 1 unspecified atom stereocenters. The monoisotopic (exact) mass is 349 g/mol. The van der Waals surface area contributed by atoms with Crippen LogP contribution in [-0.4, -0.2) is 19.1 Å². The molecule has 0 aliphatic rings. The predicted molar refractivity (Wildman–Crippen MR) is 71.6 cm³/mol. The predicted octanol–water partition coefficient (Wildman–Crippen LogP) is 3.58. The van der Waals surface area contributed by atoms with E-state index < -0.39 is 0 Å². The molecule has 1 aromatic rings. The van der Waals surface area contributed by atoms with Gasteiger partial charge in [0.25, 0.3) is 0 Å². The second-order valence-corrected chi connectivity index (χ2v) is 5.22. The highest BCUT2D eigenvalue weighted by Crippen LogP contribution is 2.26. The molecule has 0 saturated heterocycles. The highest BCUT2D eigenvalue weighted by Gasteiger charge is 2.10. The van der Waals surface area contributed by atoms with Crippen LogP contribution in [0.1, 0.15) is 13.3 Å². The van der Waals surface area contributed by atoms with E-state index in [0.717, 1.165) is 14.6 Å². The molecule has 0 aliphatic heterocycles. The molecule has 0 radical (unpaired) electrons. The maximum atomic E-state index is 11.1. The van der Waals surface area contributed by atoms with E-state index in [2.05, 4.69) is 41.9 Å². The Balaban J connectivity index is 2.62. The third-order valence-corrected chi connectivity index (χ3v) is 3.18. The summed E-state index contributed by atoms with van der Waals surface area (Å²) < 4.78 is 6.57. The minimum atomic E-state index is -0.215. The Morgan fingerprint density at radius 2 is 2.19 bits per heavy atom. The normalized spacial score (nSPS) is 12.0. The first-order chi connectivity index (χ1) is 7.52. The number of methoxy groups -OCH3 is 1. The lowest BCUT2D eigenvalue weighted by molar-refractivity contribution is -0.140. The number of anilines is 1. The zero-order chi connectivity index (χ0) is 12.1. The van der Waals surface area contributed by atoms with Gasteiger partial charge in [0.2, 0.25) is 0 Å². The number of esters is 1. The SMILES string of the molecule is COC(=O)CC(C)Nc1ccc(Br)cc1Br. The number of halogens is 2. The molecule has 0 spiro atoms. The molecule has 16 heavy (non-hydrogen) atoms. The van der Waals surface area contributed by atoms with E-state index in [1.807, 2.05) is 25.1 Å². The van der Waals surface area contributed by atoms with Crippen LogP contribution < -0.4 is 5.32 Å². The lowest BCUT2D eigenvalue weighted by Crippen LogP contribution is -2.20. The van der Waals surface area contributed by atoms with Crippen LogP contribution in [0.15, 0.2) is 27.1 Å². The number of nitrogens with one attached hydrogen (secondary N) is 1. The zero-order valence-corrected chi connectivity index (χ0v) is 12.3. The molecule has 3 nitrogen and oxygen atoms in total. The van der Waals surface area contributed by atoms with Crippen LogP contribution in [0.25, 0.3) is 0 Å². The van der Waals surface area contributed by atoms with Crippen molar-refractivity contribution >= 4 is 43.5 Å². The van der Waals surface area contributed by atoms with Gasteiger partial charge in [0, 0.05) is 20.7 Å². The zero-order valence-electron chi connectivity index (χ0n) is 9.09. The van der Waals surface area contributed by atoms with Crippen LogP contribution in [-0.2, 0) is 9.53 Å². The van der Waals surface area contributed by atoms with E-state index in [0.29, 0.717) is 6.42 Å². The maximum Gasteiger partial charge on any atom is 0.307 e. The van der Waals surface area contributed by atoms with Gasteiger partial charge >= 0.3 is 5.97 Å². The molecular formula is C11H13Br2NO2. The van der Waals surface area contributed by atoms with Crippen molar-refractivity contribution in [1.82, 2.24) is 0 Å². The standard InChI is InChI=1S/C11H13Br2NO2/c1-7(5-11(15)16-2)14-10-4-3-8(12)6-9(10)13/h3-4,6-7,14H,5H2,1-2H3. The molecule has 1 aromatic carbocycles. The van der Waals surface area contributed by atoms with Gasteiger partial charge < -0.3 is 10.1 Å². The lowest BCUT2D eigenvalue weighted by atomic mass is 10.2. The van der Waals surface area contributed by atoms with Crippen molar-refractivity contribution in [2.24, 2.45) is 0 Å². The Bertz CT molecular complexity index is 382. The molecule has 88 valence electrons. The van der Waals surface area contributed by atoms with Gasteiger partial charge in [0.1, 0.15) is 0 Å². The minimum absolute atomic E-state index is 0.0323. The smallest absolute Gasteiger partial charge is 0.307 e. The van der Waals surface area contributed by atoms with Gasteiger partial charge in [0.05, 0.1) is 13.5 Å². The molecule has 0 bridgehead atoms. The van der Waals surface area contributed by atoms with Gasteiger partial charge in [0.15, 0.2) is 0 Å². The Kier molecular flexibility index (Phi) is 5.28. The van der Waals surface area contributed by atoms with Gasteiger partial charge in [-0.05, 0) is 41.1 Å². The lowest BCUT2D eigenvalue weighted by Gasteiger charge is -2.15. The Morgan fingerprint density at radius 1 is 1.50 bits per heavy atom. The molecule has 1 rings (SSSR count). The largest absolute Gasteiger partial charge is 0.469 e. The number of carbonyl (C=O) groups is 1. The summed E-state index contributed by atoms with van der Waals surface area (Å²) in [5, 5.41) is 3.23. The summed E-state index contributed by atoms with van der Waals surface area (Å²) in [6, 6.07) is 5.87. The second kappa shape index (κ2) is 6.25. The van der Waals surface area contributed by atoms with Crippen LogP contribution in [0.2, 0.25) is 0 Å². The number of ether oxygens (including phenoxy) is 1. The quantitative estimate of drug-likeness (QED) is 0.843. The topological polar surface area (TPSA) is 38.3 Å². The Morgan fingerprint density at radius 3 is 2.75 bits per heavy atom. The Labute approximate surface area is 112 Å². The molecule has 0 amide bonds. The molecule has 0 fully saturated rings. The first-order valence-corrected chi connectivity index (χ1v) is 6.40. The summed E-state index contributed by atoms with van der Waals surface area (Å²) in [4.78, 5) is 11.1. The van der Waals surface area contributed by atoms with E-state index in [-0.39, 0.29) is 12.0 Å². The highest BCUT2D eigenvalue weighted by atomic mass is 79.9. The fourth-order valence-electron chi connectivity index (χ4n) is 1.26. The summed E-state index contributed by atoms with van der Waals surface area (Å²) in [5.74, 6) is -0.215. The second-order valence-electron chi connectivity index (χ2n) is 3.45. The van der Waals surface area contributed by atoms with E-state index in [1.165, 1.54) is 7.11 Å². The van der Waals surface area contributed by atoms with E-state index >= 15 is 0 Å². The van der Waals surface area contributed by atoms with Crippen LogP contribution in [0, 0.1) is 0 Å². The van der Waals surface area contributed by atoms with Gasteiger partial charge in [-0.15, -0.1) is 0 Å². The molecule has 0 aliphatic carbocycles. The number of benzene rings is 1.